The number of piperidine rings is 1. The second-order valence-corrected chi connectivity index (χ2v) is 3.54. The van der Waals surface area contributed by atoms with E-state index in [0.717, 1.165) is 18.8 Å². The maximum absolute atomic E-state index is 4.03. The average Bonchev–Trinajstić information content (AvgIpc) is 2.53. The molecule has 0 spiro atoms. The molecule has 1 aliphatic rings. The lowest BCUT2D eigenvalue weighted by Crippen LogP contribution is -2.27. The molecule has 13 heavy (non-hydrogen) atoms. The summed E-state index contributed by atoms with van der Waals surface area (Å²) < 4.78 is 1.73. The number of hydrogen-bond donors (Lipinski definition) is 0. The highest BCUT2D eigenvalue weighted by Crippen LogP contribution is 2.12. The fourth-order valence-electron chi connectivity index (χ4n) is 1.66. The Morgan fingerprint density at radius 1 is 1.31 bits per heavy atom. The molecular formula is C9H15N4. The van der Waals surface area contributed by atoms with E-state index in [-0.39, 0.29) is 0 Å². The van der Waals surface area contributed by atoms with E-state index in [4.69, 9.17) is 0 Å². The van der Waals surface area contributed by atoms with Crippen molar-refractivity contribution in [1.29, 1.82) is 0 Å². The largest absolute Gasteiger partial charge is 0.293 e. The quantitative estimate of drug-likeness (QED) is 0.673. The molecule has 1 saturated heterocycles. The highest BCUT2D eigenvalue weighted by Gasteiger charge is 2.12. The molecule has 4 heteroatoms. The van der Waals surface area contributed by atoms with Crippen molar-refractivity contribution in [3.05, 3.63) is 18.4 Å². The first-order valence-electron chi connectivity index (χ1n) is 4.80. The summed E-state index contributed by atoms with van der Waals surface area (Å²) in [6.45, 7) is 4.43. The Morgan fingerprint density at radius 3 is 2.69 bits per heavy atom. The minimum absolute atomic E-state index is 0.962. The number of nitrogens with zero attached hydrogens (tertiary/aromatic N) is 4. The lowest BCUT2D eigenvalue weighted by molar-refractivity contribution is 0.284. The van der Waals surface area contributed by atoms with Crippen LogP contribution in [0.1, 0.15) is 25.0 Å². The maximum atomic E-state index is 4.03. The molecule has 0 amide bonds. The highest BCUT2D eigenvalue weighted by molar-refractivity contribution is 5.05. The summed E-state index contributed by atoms with van der Waals surface area (Å²) in [4.78, 5) is 2.33. The van der Waals surface area contributed by atoms with Crippen LogP contribution in [0.25, 0.3) is 0 Å². The van der Waals surface area contributed by atoms with Gasteiger partial charge in [-0.1, -0.05) is 11.6 Å². The molecule has 0 saturated carbocycles. The van der Waals surface area contributed by atoms with Crippen molar-refractivity contribution in [2.75, 3.05) is 13.1 Å². The molecule has 0 aromatic carbocycles. The van der Waals surface area contributed by atoms with Gasteiger partial charge in [-0.2, -0.15) is 0 Å². The molecule has 4 nitrogen and oxygen atoms in total. The summed E-state index contributed by atoms with van der Waals surface area (Å²) in [6, 6.07) is 0. The summed E-state index contributed by atoms with van der Waals surface area (Å²) in [5, 5.41) is 7.92. The zero-order valence-corrected chi connectivity index (χ0v) is 7.98. The van der Waals surface area contributed by atoms with Crippen LogP contribution in [-0.2, 0) is 7.05 Å². The van der Waals surface area contributed by atoms with Crippen LogP contribution in [0, 0.1) is 6.54 Å². The van der Waals surface area contributed by atoms with Gasteiger partial charge >= 0.3 is 0 Å². The van der Waals surface area contributed by atoms with Gasteiger partial charge in [0.05, 0.1) is 6.54 Å². The molecule has 0 unspecified atom stereocenters. The Hall–Kier alpha value is -0.900. The predicted molar refractivity (Wildman–Crippen MR) is 49.8 cm³/mol. The molecule has 1 aromatic rings. The van der Waals surface area contributed by atoms with Gasteiger partial charge in [-0.3, -0.25) is 9.58 Å². The summed E-state index contributed by atoms with van der Waals surface area (Å²) in [5.74, 6) is 0. The van der Waals surface area contributed by atoms with Crippen LogP contribution in [0.2, 0.25) is 0 Å². The van der Waals surface area contributed by atoms with Gasteiger partial charge in [0.25, 0.3) is 0 Å². The normalized spacial score (nSPS) is 19.2. The minimum atomic E-state index is 0.962. The molecule has 0 N–H and O–H groups in total. The molecule has 2 rings (SSSR count). The van der Waals surface area contributed by atoms with Crippen molar-refractivity contribution in [3.8, 4) is 0 Å². The molecule has 1 aromatic heterocycles. The van der Waals surface area contributed by atoms with Crippen molar-refractivity contribution in [2.24, 2.45) is 7.05 Å². The van der Waals surface area contributed by atoms with Gasteiger partial charge in [-0.05, 0) is 25.9 Å². The first kappa shape index (κ1) is 8.69. The highest BCUT2D eigenvalue weighted by atomic mass is 15.4. The SMILES string of the molecule is Cn1cc([CH]N2CCCCC2)nn1. The topological polar surface area (TPSA) is 34.0 Å². The van der Waals surface area contributed by atoms with E-state index in [1.807, 2.05) is 13.2 Å². The van der Waals surface area contributed by atoms with E-state index in [1.54, 1.807) is 4.68 Å². The molecule has 1 aliphatic heterocycles. The third kappa shape index (κ3) is 2.28. The van der Waals surface area contributed by atoms with Crippen molar-refractivity contribution in [1.82, 2.24) is 19.9 Å². The third-order valence-corrected chi connectivity index (χ3v) is 2.33. The second kappa shape index (κ2) is 3.87. The Morgan fingerprint density at radius 2 is 2.08 bits per heavy atom. The molecule has 0 atom stereocenters. The van der Waals surface area contributed by atoms with Crippen LogP contribution in [0.4, 0.5) is 0 Å². The van der Waals surface area contributed by atoms with E-state index in [2.05, 4.69) is 21.8 Å². The van der Waals surface area contributed by atoms with E-state index >= 15 is 0 Å². The number of aromatic nitrogens is 3. The fourth-order valence-corrected chi connectivity index (χ4v) is 1.66. The van der Waals surface area contributed by atoms with Crippen LogP contribution >= 0.6 is 0 Å². The lowest BCUT2D eigenvalue weighted by Gasteiger charge is -2.24. The number of likely N-dealkylation sites (tertiary alicyclic amines) is 1. The van der Waals surface area contributed by atoms with Crippen LogP contribution < -0.4 is 0 Å². The molecule has 2 heterocycles. The fraction of sp³-hybridized carbons (Fsp3) is 0.667. The molecule has 1 fully saturated rings. The average molecular weight is 179 g/mol. The van der Waals surface area contributed by atoms with Crippen LogP contribution in [0.5, 0.6) is 0 Å². The van der Waals surface area contributed by atoms with Gasteiger partial charge in [-0.15, -0.1) is 5.10 Å². The van der Waals surface area contributed by atoms with Gasteiger partial charge < -0.3 is 0 Å². The van der Waals surface area contributed by atoms with Gasteiger partial charge in [-0.25, -0.2) is 0 Å². The van der Waals surface area contributed by atoms with E-state index < -0.39 is 0 Å². The van der Waals surface area contributed by atoms with Crippen molar-refractivity contribution < 1.29 is 0 Å². The maximum Gasteiger partial charge on any atom is 0.102 e. The zero-order chi connectivity index (χ0) is 9.10. The van der Waals surface area contributed by atoms with Crippen LogP contribution in [0.15, 0.2) is 6.20 Å². The Balaban J connectivity index is 1.89. The smallest absolute Gasteiger partial charge is 0.102 e. The van der Waals surface area contributed by atoms with E-state index in [0.29, 0.717) is 0 Å². The molecule has 0 bridgehead atoms. The Bertz CT molecular complexity index is 262. The summed E-state index contributed by atoms with van der Waals surface area (Å²) in [5.41, 5.74) is 0.962. The first-order chi connectivity index (χ1) is 6.34. The summed E-state index contributed by atoms with van der Waals surface area (Å²) >= 11 is 0. The Labute approximate surface area is 78.5 Å². The van der Waals surface area contributed by atoms with Crippen molar-refractivity contribution >= 4 is 0 Å². The number of hydrogen-bond acceptors (Lipinski definition) is 3. The molecule has 1 radical (unpaired) electrons. The van der Waals surface area contributed by atoms with Gasteiger partial charge in [0.15, 0.2) is 0 Å². The Kier molecular flexibility index (Phi) is 2.59. The van der Waals surface area contributed by atoms with Crippen molar-refractivity contribution in [2.45, 2.75) is 19.3 Å². The van der Waals surface area contributed by atoms with Gasteiger partial charge in [0, 0.05) is 13.2 Å². The minimum Gasteiger partial charge on any atom is -0.293 e. The molecular weight excluding hydrogens is 164 g/mol. The predicted octanol–water partition coefficient (Wildman–Crippen LogP) is 0.811. The number of rotatable bonds is 2. The van der Waals surface area contributed by atoms with Gasteiger partial charge in [0.2, 0.25) is 0 Å². The van der Waals surface area contributed by atoms with E-state index in [1.165, 1.54) is 19.3 Å². The standard InChI is InChI=1S/C9H15N4/c1-12-7-9(10-11-12)8-13-5-3-2-4-6-13/h7-8H,2-6H2,1H3. The summed E-state index contributed by atoms with van der Waals surface area (Å²) in [6.07, 6.45) is 5.91. The molecule has 71 valence electrons. The van der Waals surface area contributed by atoms with Gasteiger partial charge in [0.1, 0.15) is 5.69 Å². The monoisotopic (exact) mass is 179 g/mol. The molecule has 0 aliphatic carbocycles. The number of aryl methyl sites for hydroxylation is 1. The van der Waals surface area contributed by atoms with E-state index in [9.17, 15) is 0 Å². The summed E-state index contributed by atoms with van der Waals surface area (Å²) in [7, 11) is 1.89. The third-order valence-electron chi connectivity index (χ3n) is 2.33. The lowest BCUT2D eigenvalue weighted by atomic mass is 10.1. The van der Waals surface area contributed by atoms with Crippen LogP contribution in [0.3, 0.4) is 0 Å². The zero-order valence-electron chi connectivity index (χ0n) is 7.98. The van der Waals surface area contributed by atoms with Crippen molar-refractivity contribution in [3.63, 3.8) is 0 Å². The first-order valence-corrected chi connectivity index (χ1v) is 4.80. The second-order valence-electron chi connectivity index (χ2n) is 3.54. The van der Waals surface area contributed by atoms with Crippen LogP contribution in [-0.4, -0.2) is 33.0 Å².